The van der Waals surface area contributed by atoms with E-state index in [9.17, 15) is 14.7 Å². The van der Waals surface area contributed by atoms with Crippen LogP contribution in [0, 0.1) is 6.92 Å². The molecule has 0 aliphatic heterocycles. The van der Waals surface area contributed by atoms with Gasteiger partial charge < -0.3 is 15.3 Å². The highest BCUT2D eigenvalue weighted by Crippen LogP contribution is 2.39. The highest BCUT2D eigenvalue weighted by Gasteiger charge is 2.40. The molecule has 0 saturated heterocycles. The fourth-order valence-corrected chi connectivity index (χ4v) is 4.46. The van der Waals surface area contributed by atoms with Crippen molar-refractivity contribution in [3.63, 3.8) is 0 Å². The summed E-state index contributed by atoms with van der Waals surface area (Å²) in [5, 5.41) is 13.9. The average Bonchev–Trinajstić information content (AvgIpc) is 2.91. The largest absolute Gasteiger partial charge is 0.391 e. The van der Waals surface area contributed by atoms with Gasteiger partial charge in [0.05, 0.1) is 12.1 Å². The summed E-state index contributed by atoms with van der Waals surface area (Å²) in [6.45, 7) is 3.89. The SMILES string of the molecule is CC(=O)NC[C@]1(c2ccccc2)CC[C@@H](O)[C@H](N(C)C(=O)c2cccc(C)n2)CC1. The zero-order chi connectivity index (χ0) is 21.7. The Kier molecular flexibility index (Phi) is 6.87. The van der Waals surface area contributed by atoms with Gasteiger partial charge >= 0.3 is 0 Å². The van der Waals surface area contributed by atoms with E-state index in [0.29, 0.717) is 25.1 Å². The zero-order valence-corrected chi connectivity index (χ0v) is 18.0. The lowest BCUT2D eigenvalue weighted by molar-refractivity contribution is -0.119. The number of hydrogen-bond donors (Lipinski definition) is 2. The van der Waals surface area contributed by atoms with Crippen LogP contribution in [-0.4, -0.2) is 52.5 Å². The van der Waals surface area contributed by atoms with Crippen LogP contribution in [0.15, 0.2) is 48.5 Å². The van der Waals surface area contributed by atoms with E-state index in [1.807, 2.05) is 37.3 Å². The number of rotatable bonds is 5. The number of nitrogens with one attached hydrogen (secondary N) is 1. The molecule has 0 unspecified atom stereocenters. The maximum Gasteiger partial charge on any atom is 0.272 e. The molecule has 1 aromatic carbocycles. The first-order valence-electron chi connectivity index (χ1n) is 10.5. The average molecular weight is 410 g/mol. The Morgan fingerprint density at radius 3 is 2.50 bits per heavy atom. The first-order valence-corrected chi connectivity index (χ1v) is 10.5. The summed E-state index contributed by atoms with van der Waals surface area (Å²) in [5.74, 6) is -0.249. The molecule has 2 aromatic rings. The van der Waals surface area contributed by atoms with Crippen LogP contribution in [-0.2, 0) is 10.2 Å². The second kappa shape index (κ2) is 9.39. The summed E-state index contributed by atoms with van der Waals surface area (Å²) in [6, 6.07) is 15.2. The van der Waals surface area contributed by atoms with E-state index in [0.717, 1.165) is 24.1 Å². The lowest BCUT2D eigenvalue weighted by Crippen LogP contribution is -2.44. The van der Waals surface area contributed by atoms with Crippen molar-refractivity contribution in [2.24, 2.45) is 0 Å². The molecule has 1 aliphatic carbocycles. The number of hydrogen-bond acceptors (Lipinski definition) is 4. The Morgan fingerprint density at radius 1 is 1.13 bits per heavy atom. The number of pyridine rings is 1. The van der Waals surface area contributed by atoms with E-state index >= 15 is 0 Å². The van der Waals surface area contributed by atoms with Crippen LogP contribution < -0.4 is 5.32 Å². The third-order valence-corrected chi connectivity index (χ3v) is 6.27. The molecule has 1 fully saturated rings. The quantitative estimate of drug-likeness (QED) is 0.744. The molecule has 1 aliphatic rings. The van der Waals surface area contributed by atoms with Crippen LogP contribution in [0.3, 0.4) is 0 Å². The minimum absolute atomic E-state index is 0.0653. The molecule has 2 amide bonds. The molecule has 0 radical (unpaired) electrons. The standard InChI is InChI=1S/C24H31N3O3/c1-17-8-7-11-20(26-17)23(30)27(3)21-12-14-24(15-13-22(21)29,16-25-18(2)28)19-9-5-4-6-10-19/h4-11,21-22,29H,12-16H2,1-3H3,(H,25,28)/t21-,22-,24-/m1/s1. The van der Waals surface area contributed by atoms with Crippen molar-refractivity contribution in [3.05, 3.63) is 65.5 Å². The normalized spacial score (nSPS) is 24.0. The molecular formula is C24H31N3O3. The minimum Gasteiger partial charge on any atom is -0.391 e. The molecule has 2 N–H and O–H groups in total. The van der Waals surface area contributed by atoms with Gasteiger partial charge in [-0.25, -0.2) is 4.98 Å². The first-order chi connectivity index (χ1) is 14.3. The van der Waals surface area contributed by atoms with Gasteiger partial charge in [-0.3, -0.25) is 9.59 Å². The fourth-order valence-electron chi connectivity index (χ4n) is 4.46. The molecule has 6 nitrogen and oxygen atoms in total. The fraction of sp³-hybridized carbons (Fsp3) is 0.458. The molecule has 160 valence electrons. The summed E-state index contributed by atoms with van der Waals surface area (Å²) in [7, 11) is 1.74. The maximum atomic E-state index is 13.0. The molecular weight excluding hydrogens is 378 g/mol. The number of aromatic nitrogens is 1. The Hall–Kier alpha value is -2.73. The van der Waals surface area contributed by atoms with E-state index in [1.54, 1.807) is 18.0 Å². The van der Waals surface area contributed by atoms with Gasteiger partial charge in [0.2, 0.25) is 5.91 Å². The van der Waals surface area contributed by atoms with Crippen molar-refractivity contribution in [2.45, 2.75) is 57.1 Å². The Morgan fingerprint density at radius 2 is 1.83 bits per heavy atom. The van der Waals surface area contributed by atoms with Gasteiger partial charge in [0.25, 0.3) is 5.91 Å². The van der Waals surface area contributed by atoms with E-state index in [-0.39, 0.29) is 23.3 Å². The Labute approximate surface area is 178 Å². The van der Waals surface area contributed by atoms with Gasteiger partial charge in [-0.2, -0.15) is 0 Å². The van der Waals surface area contributed by atoms with Gasteiger partial charge in [-0.15, -0.1) is 0 Å². The lowest BCUT2D eigenvalue weighted by Gasteiger charge is -2.34. The van der Waals surface area contributed by atoms with Crippen LogP contribution in [0.25, 0.3) is 0 Å². The monoisotopic (exact) mass is 409 g/mol. The highest BCUT2D eigenvalue weighted by atomic mass is 16.3. The van der Waals surface area contributed by atoms with Crippen molar-refractivity contribution < 1.29 is 14.7 Å². The summed E-state index contributed by atoms with van der Waals surface area (Å²) in [6.07, 6.45) is 2.06. The van der Waals surface area contributed by atoms with Crippen molar-refractivity contribution >= 4 is 11.8 Å². The number of aryl methyl sites for hydroxylation is 1. The number of nitrogens with zero attached hydrogens (tertiary/aromatic N) is 2. The maximum absolute atomic E-state index is 13.0. The molecule has 1 aromatic heterocycles. The van der Waals surface area contributed by atoms with E-state index in [2.05, 4.69) is 22.4 Å². The van der Waals surface area contributed by atoms with Crippen molar-refractivity contribution in [3.8, 4) is 0 Å². The zero-order valence-electron chi connectivity index (χ0n) is 18.0. The van der Waals surface area contributed by atoms with Crippen molar-refractivity contribution in [2.75, 3.05) is 13.6 Å². The van der Waals surface area contributed by atoms with Crippen molar-refractivity contribution in [1.29, 1.82) is 0 Å². The third-order valence-electron chi connectivity index (χ3n) is 6.27. The molecule has 30 heavy (non-hydrogen) atoms. The van der Waals surface area contributed by atoms with Crippen LogP contribution in [0.2, 0.25) is 0 Å². The number of carbonyl (C=O) groups excluding carboxylic acids is 2. The summed E-state index contributed by atoms with van der Waals surface area (Å²) < 4.78 is 0. The van der Waals surface area contributed by atoms with E-state index in [1.165, 1.54) is 6.92 Å². The molecule has 1 saturated carbocycles. The number of aliphatic hydroxyl groups excluding tert-OH is 1. The van der Waals surface area contributed by atoms with Crippen LogP contribution in [0.1, 0.15) is 54.4 Å². The van der Waals surface area contributed by atoms with E-state index < -0.39 is 6.10 Å². The smallest absolute Gasteiger partial charge is 0.272 e. The lowest BCUT2D eigenvalue weighted by atomic mass is 9.74. The predicted octanol–water partition coefficient (Wildman–Crippen LogP) is 2.84. The van der Waals surface area contributed by atoms with Crippen LogP contribution >= 0.6 is 0 Å². The number of amides is 2. The van der Waals surface area contributed by atoms with Gasteiger partial charge in [-0.05, 0) is 50.3 Å². The molecule has 1 heterocycles. The number of likely N-dealkylation sites (N-methyl/N-ethyl adjacent to an activating group) is 1. The molecule has 3 rings (SSSR count). The summed E-state index contributed by atoms with van der Waals surface area (Å²) in [4.78, 5) is 30.6. The number of aliphatic hydroxyl groups is 1. The molecule has 0 spiro atoms. The Bertz CT molecular complexity index is 886. The third kappa shape index (κ3) is 4.87. The second-order valence-corrected chi connectivity index (χ2v) is 8.35. The number of benzene rings is 1. The Balaban J connectivity index is 1.83. The molecule has 6 heteroatoms. The topological polar surface area (TPSA) is 82.5 Å². The van der Waals surface area contributed by atoms with Crippen molar-refractivity contribution in [1.82, 2.24) is 15.2 Å². The summed E-state index contributed by atoms with van der Waals surface area (Å²) in [5.41, 5.74) is 2.06. The van der Waals surface area contributed by atoms with Crippen LogP contribution in [0.5, 0.6) is 0 Å². The number of carbonyl (C=O) groups is 2. The minimum atomic E-state index is -0.633. The van der Waals surface area contributed by atoms with Gasteiger partial charge in [-0.1, -0.05) is 36.4 Å². The first kappa shape index (κ1) is 22.0. The second-order valence-electron chi connectivity index (χ2n) is 8.35. The van der Waals surface area contributed by atoms with Gasteiger partial charge in [0.1, 0.15) is 5.69 Å². The summed E-state index contributed by atoms with van der Waals surface area (Å²) >= 11 is 0. The predicted molar refractivity (Wildman–Crippen MR) is 116 cm³/mol. The van der Waals surface area contributed by atoms with E-state index in [4.69, 9.17) is 0 Å². The van der Waals surface area contributed by atoms with Gasteiger partial charge in [0.15, 0.2) is 0 Å². The molecule has 0 bridgehead atoms. The van der Waals surface area contributed by atoms with Crippen LogP contribution in [0.4, 0.5) is 0 Å². The molecule has 3 atom stereocenters. The highest BCUT2D eigenvalue weighted by molar-refractivity contribution is 5.92. The van der Waals surface area contributed by atoms with Gasteiger partial charge in [0, 0.05) is 31.6 Å².